The average Bonchev–Trinajstić information content (AvgIpc) is 3.17. The number of carbonyl (C=O) groups is 1. The summed E-state index contributed by atoms with van der Waals surface area (Å²) in [4.78, 5) is 17.3. The van der Waals surface area contributed by atoms with Crippen molar-refractivity contribution in [2.45, 2.75) is 19.9 Å². The fourth-order valence-corrected chi connectivity index (χ4v) is 3.44. The van der Waals surface area contributed by atoms with Crippen molar-refractivity contribution in [3.8, 4) is 17.1 Å². The number of carbonyl (C=O) groups excluding carboxylic acids is 1. The lowest BCUT2D eigenvalue weighted by atomic mass is 9.96. The first-order chi connectivity index (χ1) is 14.5. The van der Waals surface area contributed by atoms with Gasteiger partial charge in [0.1, 0.15) is 17.6 Å². The minimum Gasteiger partial charge on any atom is -0.497 e. The highest BCUT2D eigenvalue weighted by atomic mass is 19.1. The van der Waals surface area contributed by atoms with E-state index in [0.717, 1.165) is 5.56 Å². The zero-order valence-corrected chi connectivity index (χ0v) is 16.8. The Kier molecular flexibility index (Phi) is 5.22. The number of halogens is 1. The number of nitrogens with one attached hydrogen (secondary N) is 1. The van der Waals surface area contributed by atoms with Crippen molar-refractivity contribution >= 4 is 11.9 Å². The lowest BCUT2D eigenvalue weighted by Gasteiger charge is -2.28. The number of anilines is 1. The standard InChI is InChI=1S/C22H21FN4O3/c1-4-30-21(28)18-13(2)24-22-25-20(15-5-9-16(23)10-6-15)26-27(22)19(18)14-7-11-17(29-3)12-8-14/h5-12,19H,4H2,1-3H3,(H,24,25,26). The highest BCUT2D eigenvalue weighted by molar-refractivity contribution is 5.92. The first-order valence-corrected chi connectivity index (χ1v) is 9.53. The number of esters is 1. The lowest BCUT2D eigenvalue weighted by molar-refractivity contribution is -0.139. The summed E-state index contributed by atoms with van der Waals surface area (Å²) in [6, 6.07) is 12.8. The Morgan fingerprint density at radius 2 is 1.87 bits per heavy atom. The van der Waals surface area contributed by atoms with Crippen LogP contribution in [-0.4, -0.2) is 34.5 Å². The first-order valence-electron chi connectivity index (χ1n) is 9.53. The third-order valence-electron chi connectivity index (χ3n) is 4.88. The highest BCUT2D eigenvalue weighted by Crippen LogP contribution is 2.37. The SMILES string of the molecule is CCOC(=O)C1=C(C)Nc2nc(-c3ccc(F)cc3)nn2C1c1ccc(OC)cc1. The summed E-state index contributed by atoms with van der Waals surface area (Å²) in [7, 11) is 1.60. The van der Waals surface area contributed by atoms with Crippen LogP contribution < -0.4 is 10.1 Å². The van der Waals surface area contributed by atoms with Crippen LogP contribution in [0.3, 0.4) is 0 Å². The van der Waals surface area contributed by atoms with Gasteiger partial charge in [-0.15, -0.1) is 5.10 Å². The van der Waals surface area contributed by atoms with E-state index >= 15 is 0 Å². The second-order valence-electron chi connectivity index (χ2n) is 6.77. The van der Waals surface area contributed by atoms with Crippen molar-refractivity contribution in [1.82, 2.24) is 14.8 Å². The predicted molar refractivity (Wildman–Crippen MR) is 110 cm³/mol. The first kappa shape index (κ1) is 19.6. The molecule has 0 saturated heterocycles. The number of nitrogens with zero attached hydrogens (tertiary/aromatic N) is 3. The van der Waals surface area contributed by atoms with E-state index in [0.29, 0.717) is 34.4 Å². The normalized spacial score (nSPS) is 15.4. The molecule has 1 aliphatic rings. The van der Waals surface area contributed by atoms with Crippen LogP contribution >= 0.6 is 0 Å². The van der Waals surface area contributed by atoms with Crippen LogP contribution in [0.25, 0.3) is 11.4 Å². The zero-order chi connectivity index (χ0) is 21.3. The molecule has 154 valence electrons. The monoisotopic (exact) mass is 408 g/mol. The maximum absolute atomic E-state index is 13.3. The third-order valence-corrected chi connectivity index (χ3v) is 4.88. The molecule has 0 aliphatic carbocycles. The van der Waals surface area contributed by atoms with Gasteiger partial charge in [0.25, 0.3) is 0 Å². The van der Waals surface area contributed by atoms with Crippen LogP contribution in [0.15, 0.2) is 59.8 Å². The second-order valence-corrected chi connectivity index (χ2v) is 6.77. The molecule has 2 heterocycles. The average molecular weight is 408 g/mol. The number of rotatable bonds is 5. The van der Waals surface area contributed by atoms with Gasteiger partial charge >= 0.3 is 5.97 Å². The van der Waals surface area contributed by atoms with E-state index in [4.69, 9.17) is 9.47 Å². The number of hydrogen-bond donors (Lipinski definition) is 1. The van der Waals surface area contributed by atoms with Gasteiger partial charge in [-0.2, -0.15) is 4.98 Å². The van der Waals surface area contributed by atoms with Crippen molar-refractivity contribution in [3.63, 3.8) is 0 Å². The molecule has 1 N–H and O–H groups in total. The molecule has 0 spiro atoms. The van der Waals surface area contributed by atoms with Crippen molar-refractivity contribution in [3.05, 3.63) is 71.2 Å². The maximum atomic E-state index is 13.3. The van der Waals surface area contributed by atoms with Gasteiger partial charge in [0.2, 0.25) is 5.95 Å². The molecule has 0 amide bonds. The summed E-state index contributed by atoms with van der Waals surface area (Å²) < 4.78 is 25.5. The quantitative estimate of drug-likeness (QED) is 0.644. The van der Waals surface area contributed by atoms with Gasteiger partial charge in [-0.25, -0.2) is 13.9 Å². The molecule has 4 rings (SSSR count). The molecule has 7 nitrogen and oxygen atoms in total. The predicted octanol–water partition coefficient (Wildman–Crippen LogP) is 3.94. The number of fused-ring (bicyclic) bond motifs is 1. The zero-order valence-electron chi connectivity index (χ0n) is 16.8. The summed E-state index contributed by atoms with van der Waals surface area (Å²) in [5.41, 5.74) is 2.59. The molecule has 0 fully saturated rings. The van der Waals surface area contributed by atoms with Gasteiger partial charge in [0.15, 0.2) is 5.82 Å². The Morgan fingerprint density at radius 3 is 2.50 bits per heavy atom. The van der Waals surface area contributed by atoms with Gasteiger partial charge < -0.3 is 14.8 Å². The Labute approximate surface area is 173 Å². The van der Waals surface area contributed by atoms with Crippen LogP contribution in [0.2, 0.25) is 0 Å². The minimum atomic E-state index is -0.534. The number of allylic oxidation sites excluding steroid dienone is 1. The largest absolute Gasteiger partial charge is 0.497 e. The van der Waals surface area contributed by atoms with Crippen molar-refractivity contribution in [1.29, 1.82) is 0 Å². The number of methoxy groups -OCH3 is 1. The fraction of sp³-hybridized carbons (Fsp3) is 0.227. The van der Waals surface area contributed by atoms with Crippen LogP contribution in [-0.2, 0) is 9.53 Å². The molecule has 8 heteroatoms. The van der Waals surface area contributed by atoms with Gasteiger partial charge in [0.05, 0.1) is 19.3 Å². The molecular formula is C22H21FN4O3. The fourth-order valence-electron chi connectivity index (χ4n) is 3.44. The van der Waals surface area contributed by atoms with E-state index in [1.165, 1.54) is 12.1 Å². The van der Waals surface area contributed by atoms with E-state index < -0.39 is 12.0 Å². The topological polar surface area (TPSA) is 78.3 Å². The van der Waals surface area contributed by atoms with Gasteiger partial charge in [-0.1, -0.05) is 12.1 Å². The number of benzene rings is 2. The molecule has 1 atom stereocenters. The van der Waals surface area contributed by atoms with Crippen molar-refractivity contribution < 1.29 is 18.7 Å². The van der Waals surface area contributed by atoms with Crippen LogP contribution in [0.4, 0.5) is 10.3 Å². The van der Waals surface area contributed by atoms with Gasteiger partial charge in [-0.3, -0.25) is 0 Å². The second kappa shape index (κ2) is 7.98. The summed E-state index contributed by atoms with van der Waals surface area (Å²) in [5.74, 6) is 0.860. The van der Waals surface area contributed by atoms with Crippen LogP contribution in [0, 0.1) is 5.82 Å². The molecule has 30 heavy (non-hydrogen) atoms. The Balaban J connectivity index is 1.84. The molecular weight excluding hydrogens is 387 g/mol. The van der Waals surface area contributed by atoms with E-state index in [1.54, 1.807) is 37.8 Å². The van der Waals surface area contributed by atoms with Crippen molar-refractivity contribution in [2.24, 2.45) is 0 Å². The van der Waals surface area contributed by atoms with Gasteiger partial charge in [-0.05, 0) is 55.8 Å². The maximum Gasteiger partial charge on any atom is 0.338 e. The summed E-state index contributed by atoms with van der Waals surface area (Å²) in [6.07, 6.45) is 0. The Morgan fingerprint density at radius 1 is 1.17 bits per heavy atom. The van der Waals surface area contributed by atoms with E-state index in [2.05, 4.69) is 15.4 Å². The number of ether oxygens (including phenoxy) is 2. The molecule has 0 saturated carbocycles. The van der Waals surface area contributed by atoms with E-state index in [-0.39, 0.29) is 12.4 Å². The summed E-state index contributed by atoms with van der Waals surface area (Å²) >= 11 is 0. The molecule has 3 aromatic rings. The Bertz CT molecular complexity index is 1100. The van der Waals surface area contributed by atoms with Gasteiger partial charge in [0, 0.05) is 11.3 Å². The Hall–Kier alpha value is -3.68. The molecule has 0 bridgehead atoms. The smallest absolute Gasteiger partial charge is 0.338 e. The summed E-state index contributed by atoms with van der Waals surface area (Å²) in [5, 5.41) is 7.77. The van der Waals surface area contributed by atoms with Crippen molar-refractivity contribution in [2.75, 3.05) is 19.0 Å². The lowest BCUT2D eigenvalue weighted by Crippen LogP contribution is -2.29. The molecule has 1 aromatic heterocycles. The number of hydrogen-bond acceptors (Lipinski definition) is 6. The molecule has 1 aliphatic heterocycles. The third kappa shape index (κ3) is 3.52. The van der Waals surface area contributed by atoms with E-state index in [1.807, 2.05) is 24.3 Å². The minimum absolute atomic E-state index is 0.260. The van der Waals surface area contributed by atoms with Crippen LogP contribution in [0.5, 0.6) is 5.75 Å². The van der Waals surface area contributed by atoms with E-state index in [9.17, 15) is 9.18 Å². The van der Waals surface area contributed by atoms with Crippen LogP contribution in [0.1, 0.15) is 25.5 Å². The highest BCUT2D eigenvalue weighted by Gasteiger charge is 2.35. The molecule has 2 aromatic carbocycles. The number of aromatic nitrogens is 3. The summed E-state index contributed by atoms with van der Waals surface area (Å²) in [6.45, 7) is 3.83. The molecule has 1 unspecified atom stereocenters. The molecule has 0 radical (unpaired) electrons.